The summed E-state index contributed by atoms with van der Waals surface area (Å²) in [4.78, 5) is 45.1. The number of nitrogens with zero attached hydrogens (tertiary/aromatic N) is 3. The minimum absolute atomic E-state index is 0.134. The molecule has 1 aromatic heterocycles. The van der Waals surface area contributed by atoms with Gasteiger partial charge in [-0.05, 0) is 23.8 Å². The molecule has 1 aliphatic rings. The lowest BCUT2D eigenvalue weighted by molar-refractivity contribution is -0.139. The summed E-state index contributed by atoms with van der Waals surface area (Å²) in [5.74, 6) is -1.66. The molecule has 1 aliphatic heterocycles. The van der Waals surface area contributed by atoms with Crippen molar-refractivity contribution in [2.24, 2.45) is 0 Å². The van der Waals surface area contributed by atoms with Gasteiger partial charge in [0, 0.05) is 37.0 Å². The number of imide groups is 1. The molecule has 0 bridgehead atoms. The molecule has 0 spiro atoms. The highest BCUT2D eigenvalue weighted by molar-refractivity contribution is 6.06. The normalized spacial score (nSPS) is 14.0. The van der Waals surface area contributed by atoms with Crippen LogP contribution in [0.3, 0.4) is 0 Å². The lowest BCUT2D eigenvalue weighted by atomic mass is 10.1. The van der Waals surface area contributed by atoms with E-state index >= 15 is 0 Å². The molecular formula is C20H15FN4O3. The second-order valence-electron chi connectivity index (χ2n) is 6.40. The number of benzene rings is 2. The first-order valence-electron chi connectivity index (χ1n) is 8.65. The predicted molar refractivity (Wildman–Crippen MR) is 98.7 cm³/mol. The molecule has 0 unspecified atom stereocenters. The number of hydrogen-bond donors (Lipinski definition) is 1. The highest BCUT2D eigenvalue weighted by atomic mass is 19.1. The summed E-state index contributed by atoms with van der Waals surface area (Å²) in [6.45, 7) is 0.198. The standard InChI is InChI=1S/C20H15FN4O3/c21-15-10-17-16(22-7-8-23-17)9-14(15)20(28)24-13-3-1-12(2-4-13)11-25-18(26)5-6-19(25)27/h1-4,7-10H,5-6,11H2,(H,24,28). The van der Waals surface area contributed by atoms with E-state index in [0.29, 0.717) is 16.7 Å². The van der Waals surface area contributed by atoms with Crippen molar-refractivity contribution in [2.45, 2.75) is 19.4 Å². The van der Waals surface area contributed by atoms with Crippen LogP contribution in [0.4, 0.5) is 10.1 Å². The smallest absolute Gasteiger partial charge is 0.258 e. The summed E-state index contributed by atoms with van der Waals surface area (Å²) in [7, 11) is 0. The van der Waals surface area contributed by atoms with Crippen LogP contribution in [0.5, 0.6) is 0 Å². The highest BCUT2D eigenvalue weighted by Gasteiger charge is 2.28. The van der Waals surface area contributed by atoms with E-state index in [9.17, 15) is 18.8 Å². The molecule has 3 aromatic rings. The number of rotatable bonds is 4. The van der Waals surface area contributed by atoms with Crippen molar-refractivity contribution in [3.63, 3.8) is 0 Å². The van der Waals surface area contributed by atoms with E-state index in [1.165, 1.54) is 29.4 Å². The molecule has 1 N–H and O–H groups in total. The van der Waals surface area contributed by atoms with Gasteiger partial charge in [-0.1, -0.05) is 12.1 Å². The van der Waals surface area contributed by atoms with Crippen LogP contribution in [-0.4, -0.2) is 32.6 Å². The fraction of sp³-hybridized carbons (Fsp3) is 0.150. The number of nitrogens with one attached hydrogen (secondary N) is 1. The fourth-order valence-electron chi connectivity index (χ4n) is 3.03. The zero-order chi connectivity index (χ0) is 19.7. The van der Waals surface area contributed by atoms with Gasteiger partial charge in [-0.2, -0.15) is 0 Å². The quantitative estimate of drug-likeness (QED) is 0.705. The molecule has 1 saturated heterocycles. The van der Waals surface area contributed by atoms with Crippen molar-refractivity contribution >= 4 is 34.4 Å². The molecule has 0 saturated carbocycles. The first kappa shape index (κ1) is 17.7. The van der Waals surface area contributed by atoms with Crippen LogP contribution < -0.4 is 5.32 Å². The molecular weight excluding hydrogens is 363 g/mol. The van der Waals surface area contributed by atoms with Gasteiger partial charge in [0.15, 0.2) is 0 Å². The minimum atomic E-state index is -0.687. The van der Waals surface area contributed by atoms with Gasteiger partial charge in [-0.25, -0.2) is 4.39 Å². The van der Waals surface area contributed by atoms with Crippen LogP contribution in [0.15, 0.2) is 48.8 Å². The van der Waals surface area contributed by atoms with Gasteiger partial charge in [0.2, 0.25) is 11.8 Å². The zero-order valence-corrected chi connectivity index (χ0v) is 14.7. The Bertz CT molecular complexity index is 1080. The zero-order valence-electron chi connectivity index (χ0n) is 14.7. The predicted octanol–water partition coefficient (Wildman–Crippen LogP) is 2.67. The number of carbonyl (C=O) groups excluding carboxylic acids is 3. The fourth-order valence-corrected chi connectivity index (χ4v) is 3.03. The number of anilines is 1. The Morgan fingerprint density at radius 3 is 2.25 bits per heavy atom. The first-order chi connectivity index (χ1) is 13.5. The molecule has 3 amide bonds. The van der Waals surface area contributed by atoms with Crippen LogP contribution in [0.25, 0.3) is 11.0 Å². The van der Waals surface area contributed by atoms with Crippen molar-refractivity contribution in [1.82, 2.24) is 14.9 Å². The van der Waals surface area contributed by atoms with Gasteiger partial charge in [0.1, 0.15) is 5.82 Å². The molecule has 28 heavy (non-hydrogen) atoms. The largest absolute Gasteiger partial charge is 0.322 e. The van der Waals surface area contributed by atoms with Crippen molar-refractivity contribution in [3.05, 3.63) is 65.7 Å². The second-order valence-corrected chi connectivity index (χ2v) is 6.40. The number of carbonyl (C=O) groups is 3. The van der Waals surface area contributed by atoms with Crippen LogP contribution in [0.1, 0.15) is 28.8 Å². The number of aromatic nitrogens is 2. The summed E-state index contributed by atoms with van der Waals surface area (Å²) >= 11 is 0. The second kappa shape index (κ2) is 7.15. The minimum Gasteiger partial charge on any atom is -0.322 e. The first-order valence-corrected chi connectivity index (χ1v) is 8.65. The summed E-state index contributed by atoms with van der Waals surface area (Å²) in [5.41, 5.74) is 1.88. The van der Waals surface area contributed by atoms with E-state index in [2.05, 4.69) is 15.3 Å². The molecule has 140 valence electrons. The molecule has 8 heteroatoms. The molecule has 0 atom stereocenters. The van der Waals surface area contributed by atoms with Crippen LogP contribution in [0.2, 0.25) is 0 Å². The third-order valence-electron chi connectivity index (χ3n) is 4.51. The van der Waals surface area contributed by atoms with E-state index in [1.54, 1.807) is 24.3 Å². The molecule has 7 nitrogen and oxygen atoms in total. The lowest BCUT2D eigenvalue weighted by Crippen LogP contribution is -2.28. The number of fused-ring (bicyclic) bond motifs is 1. The SMILES string of the molecule is O=C(Nc1ccc(CN2C(=O)CCC2=O)cc1)c1cc2nccnc2cc1F. The van der Waals surface area contributed by atoms with E-state index in [1.807, 2.05) is 0 Å². The molecule has 0 radical (unpaired) electrons. The van der Waals surface area contributed by atoms with Gasteiger partial charge in [-0.15, -0.1) is 0 Å². The van der Waals surface area contributed by atoms with Crippen LogP contribution in [-0.2, 0) is 16.1 Å². The van der Waals surface area contributed by atoms with E-state index in [0.717, 1.165) is 5.56 Å². The Morgan fingerprint density at radius 2 is 1.61 bits per heavy atom. The van der Waals surface area contributed by atoms with E-state index < -0.39 is 11.7 Å². The van der Waals surface area contributed by atoms with Crippen LogP contribution in [0, 0.1) is 5.82 Å². The van der Waals surface area contributed by atoms with Gasteiger partial charge < -0.3 is 5.32 Å². The number of likely N-dealkylation sites (tertiary alicyclic amines) is 1. The Balaban J connectivity index is 1.48. The lowest BCUT2D eigenvalue weighted by Gasteiger charge is -2.14. The Morgan fingerprint density at radius 1 is 1.00 bits per heavy atom. The molecule has 1 fully saturated rings. The molecule has 4 rings (SSSR count). The Labute approximate surface area is 159 Å². The third-order valence-corrected chi connectivity index (χ3v) is 4.51. The molecule has 2 heterocycles. The molecule has 2 aromatic carbocycles. The Hall–Kier alpha value is -3.68. The summed E-state index contributed by atoms with van der Waals surface area (Å²) in [5, 5.41) is 2.63. The average molecular weight is 378 g/mol. The van der Waals surface area contributed by atoms with E-state index in [4.69, 9.17) is 0 Å². The summed E-state index contributed by atoms with van der Waals surface area (Å²) in [6, 6.07) is 9.21. The van der Waals surface area contributed by atoms with Gasteiger partial charge in [-0.3, -0.25) is 29.3 Å². The van der Waals surface area contributed by atoms with Crippen LogP contribution >= 0.6 is 0 Å². The number of hydrogen-bond acceptors (Lipinski definition) is 5. The van der Waals surface area contributed by atoms with Gasteiger partial charge >= 0.3 is 0 Å². The summed E-state index contributed by atoms with van der Waals surface area (Å²) < 4.78 is 14.2. The topological polar surface area (TPSA) is 92.3 Å². The van der Waals surface area contributed by atoms with Gasteiger partial charge in [0.05, 0.1) is 23.1 Å². The maximum Gasteiger partial charge on any atom is 0.258 e. The summed E-state index contributed by atoms with van der Waals surface area (Å²) in [6.07, 6.45) is 3.41. The van der Waals surface area contributed by atoms with Gasteiger partial charge in [0.25, 0.3) is 5.91 Å². The van der Waals surface area contributed by atoms with Crippen molar-refractivity contribution in [2.75, 3.05) is 5.32 Å². The van der Waals surface area contributed by atoms with Crippen molar-refractivity contribution in [3.8, 4) is 0 Å². The maximum atomic E-state index is 14.2. The van der Waals surface area contributed by atoms with E-state index in [-0.39, 0.29) is 36.8 Å². The monoisotopic (exact) mass is 378 g/mol. The number of amides is 3. The average Bonchev–Trinajstić information content (AvgIpc) is 3.01. The number of halogens is 1. The highest BCUT2D eigenvalue weighted by Crippen LogP contribution is 2.20. The maximum absolute atomic E-state index is 14.2. The van der Waals surface area contributed by atoms with Crippen molar-refractivity contribution in [1.29, 1.82) is 0 Å². The molecule has 0 aliphatic carbocycles. The third kappa shape index (κ3) is 3.44. The Kier molecular flexibility index (Phi) is 4.52. The van der Waals surface area contributed by atoms with Crippen molar-refractivity contribution < 1.29 is 18.8 Å².